The van der Waals surface area contributed by atoms with E-state index in [1.165, 1.54) is 6.26 Å². The molecule has 5 rings (SSSR count). The first-order chi connectivity index (χ1) is 14.9. The molecule has 1 aliphatic heterocycles. The van der Waals surface area contributed by atoms with E-state index in [4.69, 9.17) is 0 Å². The van der Waals surface area contributed by atoms with Gasteiger partial charge in [0.1, 0.15) is 24.1 Å². The Morgan fingerprint density at radius 1 is 1.10 bits per heavy atom. The molecule has 1 aromatic carbocycles. The van der Waals surface area contributed by atoms with Crippen LogP contribution in [0.2, 0.25) is 0 Å². The van der Waals surface area contributed by atoms with Gasteiger partial charge in [-0.25, -0.2) is 18.4 Å². The second-order valence-corrected chi connectivity index (χ2v) is 10.8. The van der Waals surface area contributed by atoms with Crippen LogP contribution in [0.25, 0.3) is 11.0 Å². The molecule has 9 heteroatoms. The highest BCUT2D eigenvalue weighted by atomic mass is 32.2. The van der Waals surface area contributed by atoms with E-state index in [0.717, 1.165) is 67.7 Å². The number of hydrogen-bond donors (Lipinski definition) is 1. The molecule has 0 bridgehead atoms. The number of nitrogens with one attached hydrogen (secondary N) is 1. The molecule has 1 N–H and O–H groups in total. The maximum Gasteiger partial charge on any atom is 0.175 e. The van der Waals surface area contributed by atoms with Crippen molar-refractivity contribution in [2.75, 3.05) is 37.3 Å². The van der Waals surface area contributed by atoms with Gasteiger partial charge in [0, 0.05) is 44.0 Å². The van der Waals surface area contributed by atoms with Crippen LogP contribution in [-0.4, -0.2) is 67.0 Å². The summed E-state index contributed by atoms with van der Waals surface area (Å²) in [5.41, 5.74) is 1.80. The third-order valence-electron chi connectivity index (χ3n) is 6.48. The summed E-state index contributed by atoms with van der Waals surface area (Å²) in [6.07, 6.45) is 7.88. The predicted octanol–water partition coefficient (Wildman–Crippen LogP) is 2.20. The van der Waals surface area contributed by atoms with Crippen LogP contribution in [-0.2, 0) is 14.6 Å². The minimum atomic E-state index is -3.27. The van der Waals surface area contributed by atoms with Gasteiger partial charge in [0.05, 0.1) is 16.3 Å². The van der Waals surface area contributed by atoms with Gasteiger partial charge in [-0.2, -0.15) is 0 Å². The number of aromatic amines is 1. The lowest BCUT2D eigenvalue weighted by molar-refractivity contribution is -0.112. The highest BCUT2D eigenvalue weighted by Gasteiger charge is 2.48. The summed E-state index contributed by atoms with van der Waals surface area (Å²) in [4.78, 5) is 28.9. The molecule has 2 aromatic heterocycles. The Labute approximate surface area is 181 Å². The van der Waals surface area contributed by atoms with E-state index in [0.29, 0.717) is 0 Å². The van der Waals surface area contributed by atoms with E-state index in [1.807, 2.05) is 12.3 Å². The molecule has 3 heterocycles. The second-order valence-electron chi connectivity index (χ2n) is 8.75. The van der Waals surface area contributed by atoms with Crippen LogP contribution in [0.4, 0.5) is 5.82 Å². The van der Waals surface area contributed by atoms with E-state index in [-0.39, 0.29) is 10.3 Å². The zero-order chi connectivity index (χ0) is 21.6. The lowest BCUT2D eigenvalue weighted by Gasteiger charge is -2.29. The highest BCUT2D eigenvalue weighted by molar-refractivity contribution is 7.90. The number of hydrogen-bond acceptors (Lipinski definition) is 7. The van der Waals surface area contributed by atoms with E-state index < -0.39 is 15.9 Å². The number of benzene rings is 1. The van der Waals surface area contributed by atoms with Crippen LogP contribution < -0.4 is 4.90 Å². The maximum atomic E-state index is 12.1. The third kappa shape index (κ3) is 3.83. The van der Waals surface area contributed by atoms with Gasteiger partial charge in [0.25, 0.3) is 0 Å². The van der Waals surface area contributed by atoms with Gasteiger partial charge in [-0.05, 0) is 36.6 Å². The molecule has 0 amide bonds. The number of sulfone groups is 1. The first kappa shape index (κ1) is 20.1. The predicted molar refractivity (Wildman–Crippen MR) is 118 cm³/mol. The van der Waals surface area contributed by atoms with Crippen LogP contribution in [0.3, 0.4) is 0 Å². The fourth-order valence-corrected chi connectivity index (χ4v) is 5.23. The van der Waals surface area contributed by atoms with Gasteiger partial charge in [-0.3, -0.25) is 4.90 Å². The molecule has 162 valence electrons. The number of carbonyl (C=O) groups excluding carboxylic acids is 1. The number of nitrogens with zero attached hydrogens (tertiary/aromatic N) is 4. The van der Waals surface area contributed by atoms with Crippen molar-refractivity contribution in [1.29, 1.82) is 0 Å². The number of anilines is 1. The molecule has 1 atom stereocenters. The van der Waals surface area contributed by atoms with Gasteiger partial charge in [0.2, 0.25) is 0 Å². The first-order valence-electron chi connectivity index (χ1n) is 10.4. The molecule has 1 saturated carbocycles. The fourth-order valence-electron chi connectivity index (χ4n) is 4.60. The average Bonchev–Trinajstić information content (AvgIpc) is 3.38. The van der Waals surface area contributed by atoms with Crippen molar-refractivity contribution >= 4 is 33.0 Å². The van der Waals surface area contributed by atoms with Gasteiger partial charge in [-0.1, -0.05) is 12.1 Å². The second kappa shape index (κ2) is 7.42. The lowest BCUT2D eigenvalue weighted by atomic mass is 10.0. The summed E-state index contributed by atoms with van der Waals surface area (Å²) in [6, 6.07) is 8.29. The lowest BCUT2D eigenvalue weighted by Crippen LogP contribution is -2.35. The molecule has 1 spiro atoms. The summed E-state index contributed by atoms with van der Waals surface area (Å²) in [5.74, 6) is 0.930. The Morgan fingerprint density at radius 3 is 2.55 bits per heavy atom. The summed E-state index contributed by atoms with van der Waals surface area (Å²) in [6.45, 7) is 3.21. The summed E-state index contributed by atoms with van der Waals surface area (Å²) in [5, 5.41) is 1.01. The first-order valence-corrected chi connectivity index (χ1v) is 12.3. The van der Waals surface area contributed by atoms with E-state index in [1.54, 1.807) is 30.6 Å². The number of H-pyrrole nitrogens is 1. The zero-order valence-corrected chi connectivity index (χ0v) is 18.2. The molecule has 2 fully saturated rings. The van der Waals surface area contributed by atoms with Crippen molar-refractivity contribution in [1.82, 2.24) is 19.9 Å². The Kier molecular flexibility index (Phi) is 4.82. The number of aromatic nitrogens is 3. The Bertz CT molecular complexity index is 1220. The molecule has 3 aromatic rings. The minimum Gasteiger partial charge on any atom is -0.354 e. The van der Waals surface area contributed by atoms with Gasteiger partial charge in [0.15, 0.2) is 9.84 Å². The number of rotatable bonds is 5. The largest absolute Gasteiger partial charge is 0.354 e. The fraction of sp³-hybridized carbons (Fsp3) is 0.409. The van der Waals surface area contributed by atoms with Gasteiger partial charge < -0.3 is 14.7 Å². The summed E-state index contributed by atoms with van der Waals surface area (Å²) < 4.78 is 23.5. The Morgan fingerprint density at radius 2 is 1.87 bits per heavy atom. The van der Waals surface area contributed by atoms with Crippen molar-refractivity contribution in [3.8, 4) is 0 Å². The van der Waals surface area contributed by atoms with Crippen LogP contribution >= 0.6 is 0 Å². The molecule has 1 aliphatic carbocycles. The smallest absolute Gasteiger partial charge is 0.175 e. The number of fused-ring (bicyclic) bond motifs is 1. The third-order valence-corrected chi connectivity index (χ3v) is 7.61. The molecule has 2 aliphatic rings. The van der Waals surface area contributed by atoms with Crippen molar-refractivity contribution < 1.29 is 13.2 Å². The van der Waals surface area contributed by atoms with Crippen LogP contribution in [0.5, 0.6) is 0 Å². The van der Waals surface area contributed by atoms with E-state index in [2.05, 4.69) is 24.8 Å². The minimum absolute atomic E-state index is 0.151. The van der Waals surface area contributed by atoms with E-state index >= 15 is 0 Å². The average molecular weight is 440 g/mol. The van der Waals surface area contributed by atoms with Crippen LogP contribution in [0.15, 0.2) is 47.8 Å². The van der Waals surface area contributed by atoms with Crippen LogP contribution in [0.1, 0.15) is 24.4 Å². The summed E-state index contributed by atoms with van der Waals surface area (Å²) >= 11 is 0. The van der Waals surface area contributed by atoms with Crippen molar-refractivity contribution in [3.05, 3.63) is 48.4 Å². The van der Waals surface area contributed by atoms with Crippen molar-refractivity contribution in [2.24, 2.45) is 5.41 Å². The Balaban J connectivity index is 1.42. The number of carbonyl (C=O) groups is 1. The van der Waals surface area contributed by atoms with Gasteiger partial charge >= 0.3 is 0 Å². The Hall–Kier alpha value is -2.78. The topological polar surface area (TPSA) is 99.3 Å². The zero-order valence-electron chi connectivity index (χ0n) is 17.4. The normalized spacial score (nSPS) is 20.0. The molecular formula is C22H25N5O3S. The van der Waals surface area contributed by atoms with Crippen molar-refractivity contribution in [3.63, 3.8) is 0 Å². The van der Waals surface area contributed by atoms with Gasteiger partial charge in [-0.15, -0.1) is 0 Å². The van der Waals surface area contributed by atoms with Crippen molar-refractivity contribution in [2.45, 2.75) is 23.8 Å². The molecule has 1 unspecified atom stereocenters. The summed E-state index contributed by atoms with van der Waals surface area (Å²) in [7, 11) is -3.27. The number of aldehydes is 1. The quantitative estimate of drug-likeness (QED) is 0.609. The highest BCUT2D eigenvalue weighted by Crippen LogP contribution is 2.49. The monoisotopic (exact) mass is 439 g/mol. The molecule has 31 heavy (non-hydrogen) atoms. The molecule has 8 nitrogen and oxygen atoms in total. The molecule has 1 saturated heterocycles. The van der Waals surface area contributed by atoms with E-state index in [9.17, 15) is 13.2 Å². The SMILES string of the molecule is CS(=O)(=O)c1ccc(C(C=O)N2CCN(c3ncnc4[nH]ccc34)CC3(CC3)C2)cc1. The standard InChI is InChI=1S/C22H25N5O3S/c1-31(29,30)17-4-2-16(3-5-17)19(12-28)26-10-11-27(14-22(13-26)7-8-22)21-18-6-9-23-20(18)24-15-25-21/h2-6,9,12,15,19H,7-8,10-11,13-14H2,1H3,(H,23,24,25). The van der Waals surface area contributed by atoms with Crippen LogP contribution in [0, 0.1) is 5.41 Å². The molecular weight excluding hydrogens is 414 g/mol. The maximum absolute atomic E-state index is 12.1. The molecule has 0 radical (unpaired) electrons.